The van der Waals surface area contributed by atoms with Crippen LogP contribution >= 0.6 is 0 Å². The van der Waals surface area contributed by atoms with Gasteiger partial charge < -0.3 is 5.73 Å². The average molecular weight is 211 g/mol. The number of anilines is 1. The van der Waals surface area contributed by atoms with E-state index < -0.39 is 0 Å². The van der Waals surface area contributed by atoms with Crippen LogP contribution in [0.5, 0.6) is 0 Å². The molecule has 2 aromatic rings. The van der Waals surface area contributed by atoms with Gasteiger partial charge in [0.15, 0.2) is 0 Å². The molecule has 0 unspecified atom stereocenters. The first-order chi connectivity index (χ1) is 7.81. The summed E-state index contributed by atoms with van der Waals surface area (Å²) < 4.78 is 0. The number of hydrogen-bond acceptors (Lipinski definition) is 3. The molecule has 0 atom stereocenters. The van der Waals surface area contributed by atoms with E-state index in [-0.39, 0.29) is 0 Å². The molecule has 0 bridgehead atoms. The van der Waals surface area contributed by atoms with E-state index in [4.69, 9.17) is 5.73 Å². The summed E-state index contributed by atoms with van der Waals surface area (Å²) in [6.07, 6.45) is 0. The van der Waals surface area contributed by atoms with E-state index in [1.165, 1.54) is 0 Å². The van der Waals surface area contributed by atoms with Gasteiger partial charge in [-0.05, 0) is 23.8 Å². The van der Waals surface area contributed by atoms with Crippen LogP contribution in [0.2, 0.25) is 0 Å². The van der Waals surface area contributed by atoms with Crippen LogP contribution in [-0.2, 0) is 0 Å². The first-order valence-corrected chi connectivity index (χ1v) is 5.06. The SMILES string of the molecule is CN=Nc1ccccc1-c1ccc(N)cc1. The molecule has 0 heterocycles. The zero-order chi connectivity index (χ0) is 11.4. The van der Waals surface area contributed by atoms with E-state index in [0.717, 1.165) is 22.5 Å². The highest BCUT2D eigenvalue weighted by Crippen LogP contribution is 2.30. The van der Waals surface area contributed by atoms with Crippen molar-refractivity contribution in [2.75, 3.05) is 12.8 Å². The molecule has 0 aliphatic heterocycles. The van der Waals surface area contributed by atoms with Crippen molar-refractivity contribution < 1.29 is 0 Å². The lowest BCUT2D eigenvalue weighted by Gasteiger charge is -2.04. The summed E-state index contributed by atoms with van der Waals surface area (Å²) in [4.78, 5) is 0. The largest absolute Gasteiger partial charge is 0.399 e. The lowest BCUT2D eigenvalue weighted by Crippen LogP contribution is -1.84. The molecule has 0 saturated heterocycles. The second kappa shape index (κ2) is 4.57. The first-order valence-electron chi connectivity index (χ1n) is 5.06. The van der Waals surface area contributed by atoms with Gasteiger partial charge in [0.2, 0.25) is 0 Å². The van der Waals surface area contributed by atoms with Gasteiger partial charge >= 0.3 is 0 Å². The molecule has 0 spiro atoms. The number of azo groups is 1. The molecule has 16 heavy (non-hydrogen) atoms. The monoisotopic (exact) mass is 211 g/mol. The quantitative estimate of drug-likeness (QED) is 0.598. The second-order valence-electron chi connectivity index (χ2n) is 3.44. The van der Waals surface area contributed by atoms with Crippen molar-refractivity contribution in [3.63, 3.8) is 0 Å². The van der Waals surface area contributed by atoms with Gasteiger partial charge in [0, 0.05) is 18.3 Å². The van der Waals surface area contributed by atoms with Gasteiger partial charge in [-0.25, -0.2) is 0 Å². The van der Waals surface area contributed by atoms with Crippen molar-refractivity contribution >= 4 is 11.4 Å². The lowest BCUT2D eigenvalue weighted by molar-refractivity contribution is 1.17. The molecule has 2 N–H and O–H groups in total. The summed E-state index contributed by atoms with van der Waals surface area (Å²) in [5, 5.41) is 7.91. The maximum Gasteiger partial charge on any atom is 0.0930 e. The fourth-order valence-corrected chi connectivity index (χ4v) is 1.58. The van der Waals surface area contributed by atoms with Gasteiger partial charge in [0.05, 0.1) is 5.69 Å². The molecule has 0 saturated carbocycles. The van der Waals surface area contributed by atoms with Crippen molar-refractivity contribution in [3.8, 4) is 11.1 Å². The maximum absolute atomic E-state index is 5.66. The highest BCUT2D eigenvalue weighted by Gasteiger charge is 2.02. The minimum Gasteiger partial charge on any atom is -0.399 e. The minimum absolute atomic E-state index is 0.762. The van der Waals surface area contributed by atoms with E-state index in [1.54, 1.807) is 7.05 Å². The van der Waals surface area contributed by atoms with Gasteiger partial charge in [-0.2, -0.15) is 10.2 Å². The highest BCUT2D eigenvalue weighted by atomic mass is 15.1. The van der Waals surface area contributed by atoms with Gasteiger partial charge in [0.1, 0.15) is 0 Å². The van der Waals surface area contributed by atoms with Gasteiger partial charge in [-0.3, -0.25) is 0 Å². The Labute approximate surface area is 94.6 Å². The van der Waals surface area contributed by atoms with Crippen molar-refractivity contribution in [1.29, 1.82) is 0 Å². The van der Waals surface area contributed by atoms with Gasteiger partial charge in [0.25, 0.3) is 0 Å². The minimum atomic E-state index is 0.762. The van der Waals surface area contributed by atoms with E-state index in [9.17, 15) is 0 Å². The van der Waals surface area contributed by atoms with Crippen molar-refractivity contribution in [3.05, 3.63) is 48.5 Å². The van der Waals surface area contributed by atoms with Crippen LogP contribution in [-0.4, -0.2) is 7.05 Å². The predicted molar refractivity (Wildman–Crippen MR) is 66.7 cm³/mol. The van der Waals surface area contributed by atoms with Crippen molar-refractivity contribution in [2.24, 2.45) is 10.2 Å². The van der Waals surface area contributed by atoms with Crippen molar-refractivity contribution in [1.82, 2.24) is 0 Å². The van der Waals surface area contributed by atoms with Gasteiger partial charge in [-0.15, -0.1) is 0 Å². The number of rotatable bonds is 2. The molecular weight excluding hydrogens is 198 g/mol. The summed E-state index contributed by atoms with van der Waals surface area (Å²) in [5.41, 5.74) is 9.45. The number of nitrogens with two attached hydrogens (primary N) is 1. The number of nitrogen functional groups attached to an aromatic ring is 1. The second-order valence-corrected chi connectivity index (χ2v) is 3.44. The van der Waals surface area contributed by atoms with E-state index in [0.29, 0.717) is 0 Å². The average Bonchev–Trinajstić information content (AvgIpc) is 2.32. The summed E-state index contributed by atoms with van der Waals surface area (Å²) in [5.74, 6) is 0. The molecule has 0 radical (unpaired) electrons. The molecule has 3 nitrogen and oxygen atoms in total. The molecule has 0 aromatic heterocycles. The Hall–Kier alpha value is -2.16. The van der Waals surface area contributed by atoms with Crippen LogP contribution in [0.3, 0.4) is 0 Å². The van der Waals surface area contributed by atoms with Crippen LogP contribution in [0, 0.1) is 0 Å². The highest BCUT2D eigenvalue weighted by molar-refractivity contribution is 5.76. The van der Waals surface area contributed by atoms with E-state index in [2.05, 4.69) is 10.2 Å². The molecule has 0 aliphatic carbocycles. The summed E-state index contributed by atoms with van der Waals surface area (Å²) in [6.45, 7) is 0. The third-order valence-electron chi connectivity index (χ3n) is 2.33. The summed E-state index contributed by atoms with van der Waals surface area (Å²) >= 11 is 0. The number of nitrogens with zero attached hydrogens (tertiary/aromatic N) is 2. The fourth-order valence-electron chi connectivity index (χ4n) is 1.58. The molecule has 0 fully saturated rings. The maximum atomic E-state index is 5.66. The van der Waals surface area contributed by atoms with Crippen LogP contribution in [0.25, 0.3) is 11.1 Å². The van der Waals surface area contributed by atoms with Crippen LogP contribution in [0.15, 0.2) is 58.8 Å². The lowest BCUT2D eigenvalue weighted by atomic mass is 10.0. The zero-order valence-electron chi connectivity index (χ0n) is 9.09. The Morgan fingerprint density at radius 1 is 0.938 bits per heavy atom. The van der Waals surface area contributed by atoms with E-state index >= 15 is 0 Å². The molecule has 0 amide bonds. The topological polar surface area (TPSA) is 50.7 Å². The Kier molecular flexibility index (Phi) is 2.96. The van der Waals surface area contributed by atoms with Crippen LogP contribution in [0.1, 0.15) is 0 Å². The Balaban J connectivity index is 2.51. The predicted octanol–water partition coefficient (Wildman–Crippen LogP) is 3.65. The zero-order valence-corrected chi connectivity index (χ0v) is 9.09. The van der Waals surface area contributed by atoms with Gasteiger partial charge in [-0.1, -0.05) is 30.3 Å². The Morgan fingerprint density at radius 2 is 1.62 bits per heavy atom. The molecular formula is C13H13N3. The molecule has 0 aliphatic rings. The summed E-state index contributed by atoms with van der Waals surface area (Å²) in [6, 6.07) is 15.6. The number of hydrogen-bond donors (Lipinski definition) is 1. The Bertz CT molecular complexity index is 501. The standard InChI is InChI=1S/C13H13N3/c1-15-16-13-5-3-2-4-12(13)10-6-8-11(14)9-7-10/h2-9H,14H2,1H3. The molecule has 2 rings (SSSR count). The first kappa shape index (κ1) is 10.4. The van der Waals surface area contributed by atoms with Crippen LogP contribution in [0.4, 0.5) is 11.4 Å². The van der Waals surface area contributed by atoms with Crippen molar-refractivity contribution in [2.45, 2.75) is 0 Å². The smallest absolute Gasteiger partial charge is 0.0930 e. The summed E-state index contributed by atoms with van der Waals surface area (Å²) in [7, 11) is 1.67. The Morgan fingerprint density at radius 3 is 2.31 bits per heavy atom. The third kappa shape index (κ3) is 2.08. The van der Waals surface area contributed by atoms with E-state index in [1.807, 2.05) is 48.5 Å². The fraction of sp³-hybridized carbons (Fsp3) is 0.0769. The molecule has 80 valence electrons. The number of benzene rings is 2. The normalized spacial score (nSPS) is 10.8. The molecule has 3 heteroatoms. The van der Waals surface area contributed by atoms with Crippen LogP contribution < -0.4 is 5.73 Å². The molecule has 2 aromatic carbocycles. The third-order valence-corrected chi connectivity index (χ3v) is 2.33.